The first-order valence-electron chi connectivity index (χ1n) is 20.3. The summed E-state index contributed by atoms with van der Waals surface area (Å²) in [6, 6.07) is 60.2. The number of hydrogen-bond acceptors (Lipinski definition) is 5. The van der Waals surface area contributed by atoms with Crippen LogP contribution in [0.2, 0.25) is 0 Å². The van der Waals surface area contributed by atoms with Gasteiger partial charge in [-0.2, -0.15) is 5.26 Å². The van der Waals surface area contributed by atoms with Crippen LogP contribution >= 0.6 is 0 Å². The SMILES string of the molecule is Cc1ccccc1N(c1ccc2cc3c(cc2c1)oc1cc2oc4cc5cc(N(c6ccccc6C)c6ccccc6C)ccc5cc4c2c(C#N)c13)c1ccccc1C. The first kappa shape index (κ1) is 35.4. The third kappa shape index (κ3) is 5.53. The van der Waals surface area contributed by atoms with Crippen molar-refractivity contribution in [3.05, 3.63) is 192 Å². The van der Waals surface area contributed by atoms with E-state index in [9.17, 15) is 5.26 Å². The van der Waals surface area contributed by atoms with E-state index in [2.05, 4.69) is 201 Å². The van der Waals surface area contributed by atoms with Gasteiger partial charge < -0.3 is 18.6 Å². The lowest BCUT2D eigenvalue weighted by Gasteiger charge is -2.28. The van der Waals surface area contributed by atoms with Crippen molar-refractivity contribution in [1.29, 1.82) is 5.26 Å². The molecule has 0 atom stereocenters. The van der Waals surface area contributed by atoms with Crippen LogP contribution in [0.3, 0.4) is 0 Å². The van der Waals surface area contributed by atoms with E-state index in [1.807, 2.05) is 6.07 Å². The molecule has 0 aliphatic rings. The lowest BCUT2D eigenvalue weighted by molar-refractivity contribution is 0.656. The van der Waals surface area contributed by atoms with Crippen LogP contribution in [0.5, 0.6) is 0 Å². The Labute approximate surface area is 347 Å². The molecule has 5 heteroatoms. The molecule has 0 aliphatic carbocycles. The van der Waals surface area contributed by atoms with E-state index in [1.165, 1.54) is 22.3 Å². The van der Waals surface area contributed by atoms with E-state index in [0.717, 1.165) is 88.4 Å². The molecule has 11 rings (SSSR count). The largest absolute Gasteiger partial charge is 0.456 e. The molecule has 5 nitrogen and oxygen atoms in total. The van der Waals surface area contributed by atoms with Crippen LogP contribution < -0.4 is 9.80 Å². The summed E-state index contributed by atoms with van der Waals surface area (Å²) in [5.41, 5.74) is 14.7. The smallest absolute Gasteiger partial charge is 0.140 e. The van der Waals surface area contributed by atoms with Gasteiger partial charge in [-0.3, -0.25) is 0 Å². The van der Waals surface area contributed by atoms with Crippen LogP contribution in [-0.2, 0) is 0 Å². The minimum absolute atomic E-state index is 0.558. The minimum atomic E-state index is 0.558. The van der Waals surface area contributed by atoms with Gasteiger partial charge in [0.25, 0.3) is 0 Å². The van der Waals surface area contributed by atoms with Crippen molar-refractivity contribution in [3.63, 3.8) is 0 Å². The Morgan fingerprint density at radius 2 is 0.750 bits per heavy atom. The summed E-state index contributed by atoms with van der Waals surface area (Å²) < 4.78 is 13.2. The van der Waals surface area contributed by atoms with E-state index < -0.39 is 0 Å². The number of fused-ring (bicyclic) bond motifs is 8. The molecule has 0 bridgehead atoms. The standard InChI is InChI=1S/C55H39N3O2/c1-33-13-5-9-17-46(33)57(47-18-10-6-14-34(47)2)41-23-21-37-27-43-50(29-39(37)25-41)59-52-31-53-55(45(32-56)54(43)52)44-28-38-22-24-42(26-40(38)30-51(44)60-53)58(48-19-11-7-15-35(48)3)49-20-12-8-16-36(49)4/h5-31H,1-4H3. The van der Waals surface area contributed by atoms with Crippen molar-refractivity contribution < 1.29 is 8.83 Å². The topological polar surface area (TPSA) is 56.6 Å². The van der Waals surface area contributed by atoms with Gasteiger partial charge in [0.2, 0.25) is 0 Å². The highest BCUT2D eigenvalue weighted by Gasteiger charge is 2.23. The summed E-state index contributed by atoms with van der Waals surface area (Å²) in [5, 5.41) is 18.5. The van der Waals surface area contributed by atoms with E-state index in [0.29, 0.717) is 16.7 Å². The van der Waals surface area contributed by atoms with Crippen molar-refractivity contribution in [2.75, 3.05) is 9.80 Å². The first-order valence-corrected chi connectivity index (χ1v) is 20.3. The second-order valence-corrected chi connectivity index (χ2v) is 15.9. The van der Waals surface area contributed by atoms with Gasteiger partial charge in [-0.05, 0) is 144 Å². The molecular formula is C55H39N3O2. The molecule has 0 aliphatic heterocycles. The van der Waals surface area contributed by atoms with Crippen LogP contribution in [0.25, 0.3) is 65.4 Å². The Morgan fingerprint density at radius 1 is 0.383 bits per heavy atom. The Balaban J connectivity index is 1.05. The Kier molecular flexibility index (Phi) is 8.05. The molecule has 0 radical (unpaired) electrons. The molecule has 0 saturated carbocycles. The van der Waals surface area contributed by atoms with Gasteiger partial charge in [0.05, 0.1) is 5.56 Å². The minimum Gasteiger partial charge on any atom is -0.456 e. The maximum Gasteiger partial charge on any atom is 0.140 e. The van der Waals surface area contributed by atoms with E-state index in [-0.39, 0.29) is 0 Å². The zero-order valence-electron chi connectivity index (χ0n) is 33.7. The number of rotatable bonds is 6. The summed E-state index contributed by atoms with van der Waals surface area (Å²) in [4.78, 5) is 4.66. The predicted molar refractivity (Wildman–Crippen MR) is 249 cm³/mol. The second-order valence-electron chi connectivity index (χ2n) is 15.9. The number of anilines is 6. The molecule has 0 N–H and O–H groups in total. The van der Waals surface area contributed by atoms with Gasteiger partial charge in [-0.1, -0.05) is 84.9 Å². The van der Waals surface area contributed by atoms with Gasteiger partial charge in [0, 0.05) is 61.7 Å². The predicted octanol–water partition coefficient (Wildman–Crippen LogP) is 15.8. The van der Waals surface area contributed by atoms with Gasteiger partial charge in [-0.25, -0.2) is 0 Å². The number of nitrogens with zero attached hydrogens (tertiary/aromatic N) is 3. The number of para-hydroxylation sites is 4. The number of furan rings is 2. The Morgan fingerprint density at radius 3 is 1.10 bits per heavy atom. The van der Waals surface area contributed by atoms with Gasteiger partial charge in [0.1, 0.15) is 28.4 Å². The number of aryl methyl sites for hydroxylation is 4. The number of benzene rings is 9. The molecular weight excluding hydrogens is 735 g/mol. The normalized spacial score (nSPS) is 11.7. The maximum absolute atomic E-state index is 10.9. The summed E-state index contributed by atoms with van der Waals surface area (Å²) in [6.07, 6.45) is 0. The molecule has 2 heterocycles. The van der Waals surface area contributed by atoms with Crippen LogP contribution in [0.15, 0.2) is 173 Å². The van der Waals surface area contributed by atoms with Gasteiger partial charge >= 0.3 is 0 Å². The highest BCUT2D eigenvalue weighted by Crippen LogP contribution is 2.45. The van der Waals surface area contributed by atoms with Crippen LogP contribution in [0.1, 0.15) is 27.8 Å². The highest BCUT2D eigenvalue weighted by atomic mass is 16.3. The Hall–Kier alpha value is -7.81. The number of nitriles is 1. The lowest BCUT2D eigenvalue weighted by Crippen LogP contribution is -2.12. The molecule has 286 valence electrons. The maximum atomic E-state index is 10.9. The summed E-state index contributed by atoms with van der Waals surface area (Å²) >= 11 is 0. The summed E-state index contributed by atoms with van der Waals surface area (Å²) in [5.74, 6) is 0. The zero-order valence-corrected chi connectivity index (χ0v) is 33.7. The van der Waals surface area contributed by atoms with Gasteiger partial charge in [0.15, 0.2) is 0 Å². The zero-order chi connectivity index (χ0) is 40.6. The van der Waals surface area contributed by atoms with Crippen molar-refractivity contribution >= 4 is 99.5 Å². The second kappa shape index (κ2) is 13.7. The fourth-order valence-electron chi connectivity index (χ4n) is 9.12. The molecule has 0 unspecified atom stereocenters. The average Bonchev–Trinajstić information content (AvgIpc) is 3.80. The third-order valence-electron chi connectivity index (χ3n) is 12.1. The molecule has 11 aromatic rings. The Bertz CT molecular complexity index is 3270. The van der Waals surface area contributed by atoms with Crippen molar-refractivity contribution in [3.8, 4) is 6.07 Å². The van der Waals surface area contributed by atoms with E-state index >= 15 is 0 Å². The molecule has 60 heavy (non-hydrogen) atoms. The summed E-state index contributed by atoms with van der Waals surface area (Å²) in [6.45, 7) is 8.60. The van der Waals surface area contributed by atoms with Gasteiger partial charge in [-0.15, -0.1) is 0 Å². The van der Waals surface area contributed by atoms with Crippen molar-refractivity contribution in [2.24, 2.45) is 0 Å². The summed E-state index contributed by atoms with van der Waals surface area (Å²) in [7, 11) is 0. The number of hydrogen-bond donors (Lipinski definition) is 0. The highest BCUT2D eigenvalue weighted by molar-refractivity contribution is 6.22. The fraction of sp³-hybridized carbons (Fsp3) is 0.0727. The molecule has 9 aromatic carbocycles. The van der Waals surface area contributed by atoms with Crippen LogP contribution in [-0.4, -0.2) is 0 Å². The fourth-order valence-corrected chi connectivity index (χ4v) is 9.12. The van der Waals surface area contributed by atoms with E-state index in [4.69, 9.17) is 8.83 Å². The van der Waals surface area contributed by atoms with Crippen molar-refractivity contribution in [1.82, 2.24) is 0 Å². The van der Waals surface area contributed by atoms with Crippen LogP contribution in [0, 0.1) is 39.0 Å². The molecule has 0 spiro atoms. The van der Waals surface area contributed by atoms with E-state index in [1.54, 1.807) is 0 Å². The lowest BCUT2D eigenvalue weighted by atomic mass is 9.98. The quantitative estimate of drug-likeness (QED) is 0.168. The molecule has 0 saturated heterocycles. The van der Waals surface area contributed by atoms with Crippen molar-refractivity contribution in [2.45, 2.75) is 27.7 Å². The molecule has 0 amide bonds. The van der Waals surface area contributed by atoms with Crippen LogP contribution in [0.4, 0.5) is 34.1 Å². The average molecular weight is 774 g/mol. The molecule has 0 fully saturated rings. The molecule has 2 aromatic heterocycles. The first-order chi connectivity index (χ1) is 29.3. The monoisotopic (exact) mass is 773 g/mol. The third-order valence-corrected chi connectivity index (χ3v) is 12.1.